The number of furan rings is 1. The van der Waals surface area contributed by atoms with Crippen molar-refractivity contribution >= 4 is 43.7 Å². The van der Waals surface area contributed by atoms with Gasteiger partial charge in [0, 0.05) is 43.8 Å². The number of hydrogen-bond acceptors (Lipinski definition) is 4. The van der Waals surface area contributed by atoms with Crippen LogP contribution in [0.5, 0.6) is 0 Å². The van der Waals surface area contributed by atoms with E-state index in [1.54, 1.807) is 0 Å². The zero-order chi connectivity index (χ0) is 41.0. The fourth-order valence-electron chi connectivity index (χ4n) is 8.87. The molecule has 9 aromatic carbocycles. The average molecular weight is 793 g/mol. The lowest BCUT2D eigenvalue weighted by molar-refractivity contribution is 0.669. The zero-order valence-corrected chi connectivity index (χ0v) is 33.5. The largest absolute Gasteiger partial charge is 0.456 e. The standard InChI is InChI=1S/C57H36N4O/c1-3-15-37(16-4-1)39-19-13-20-40(33-39)41-21-14-22-42(34-41)55-58-56(60-57(59-55)44-30-32-49-48-25-9-12-28-53(48)62-54(49)36-44)43-29-31-45(38-17-5-2-6-18-38)52(35-43)61-50-26-10-7-23-46(50)47-24-8-11-27-51(47)61/h1-36H. The highest BCUT2D eigenvalue weighted by molar-refractivity contribution is 6.10. The van der Waals surface area contributed by atoms with Gasteiger partial charge in [-0.25, -0.2) is 15.0 Å². The van der Waals surface area contributed by atoms with Crippen LogP contribution >= 0.6 is 0 Å². The second kappa shape index (κ2) is 14.7. The first-order valence-corrected chi connectivity index (χ1v) is 20.8. The molecular weight excluding hydrogens is 757 g/mol. The molecule has 290 valence electrons. The number of fused-ring (bicyclic) bond motifs is 6. The molecule has 0 aliphatic rings. The van der Waals surface area contributed by atoms with E-state index in [0.29, 0.717) is 17.5 Å². The Labute approximate surface area is 357 Å². The summed E-state index contributed by atoms with van der Waals surface area (Å²) < 4.78 is 8.74. The molecule has 12 rings (SSSR count). The van der Waals surface area contributed by atoms with Crippen molar-refractivity contribution in [2.45, 2.75) is 0 Å². The van der Waals surface area contributed by atoms with Crippen LogP contribution in [0.1, 0.15) is 0 Å². The highest BCUT2D eigenvalue weighted by atomic mass is 16.3. The number of rotatable bonds is 7. The summed E-state index contributed by atoms with van der Waals surface area (Å²) in [6.07, 6.45) is 0. The molecule has 5 nitrogen and oxygen atoms in total. The van der Waals surface area contributed by atoms with E-state index in [0.717, 1.165) is 83.2 Å². The molecule has 0 fully saturated rings. The lowest BCUT2D eigenvalue weighted by Crippen LogP contribution is -2.02. The van der Waals surface area contributed by atoms with Crippen LogP contribution < -0.4 is 0 Å². The van der Waals surface area contributed by atoms with E-state index >= 15 is 0 Å². The Bertz CT molecular complexity index is 3590. The number of nitrogens with zero attached hydrogens (tertiary/aromatic N) is 4. The molecule has 0 saturated carbocycles. The van der Waals surface area contributed by atoms with Gasteiger partial charge in [-0.3, -0.25) is 0 Å². The molecule has 0 unspecified atom stereocenters. The van der Waals surface area contributed by atoms with Gasteiger partial charge >= 0.3 is 0 Å². The Morgan fingerprint density at radius 3 is 1.40 bits per heavy atom. The predicted octanol–water partition coefficient (Wildman–Crippen LogP) is 14.9. The summed E-state index contributed by atoms with van der Waals surface area (Å²) in [5.74, 6) is 1.73. The highest BCUT2D eigenvalue weighted by Crippen LogP contribution is 2.39. The normalized spacial score (nSPS) is 11.5. The summed E-state index contributed by atoms with van der Waals surface area (Å²) in [6.45, 7) is 0. The van der Waals surface area contributed by atoms with E-state index in [9.17, 15) is 0 Å². The van der Waals surface area contributed by atoms with Crippen LogP contribution in [-0.4, -0.2) is 19.5 Å². The van der Waals surface area contributed by atoms with E-state index in [1.807, 2.05) is 30.3 Å². The number of hydrogen-bond donors (Lipinski definition) is 0. The average Bonchev–Trinajstić information content (AvgIpc) is 3.90. The molecule has 0 aliphatic carbocycles. The second-order valence-electron chi connectivity index (χ2n) is 15.6. The predicted molar refractivity (Wildman–Crippen MR) is 254 cm³/mol. The van der Waals surface area contributed by atoms with E-state index in [2.05, 4.69) is 193 Å². The monoisotopic (exact) mass is 792 g/mol. The minimum atomic E-state index is 0.564. The minimum absolute atomic E-state index is 0.564. The fourth-order valence-corrected chi connectivity index (χ4v) is 8.87. The van der Waals surface area contributed by atoms with Gasteiger partial charge in [0.1, 0.15) is 11.2 Å². The Morgan fingerprint density at radius 1 is 0.290 bits per heavy atom. The van der Waals surface area contributed by atoms with Crippen molar-refractivity contribution in [3.63, 3.8) is 0 Å². The summed E-state index contributed by atoms with van der Waals surface area (Å²) >= 11 is 0. The van der Waals surface area contributed by atoms with E-state index in [1.165, 1.54) is 16.3 Å². The molecule has 5 heteroatoms. The molecule has 0 aliphatic heterocycles. The Kier molecular flexibility index (Phi) is 8.42. The van der Waals surface area contributed by atoms with Gasteiger partial charge in [0.05, 0.1) is 16.7 Å². The smallest absolute Gasteiger partial charge is 0.164 e. The third-order valence-corrected chi connectivity index (χ3v) is 11.9. The zero-order valence-electron chi connectivity index (χ0n) is 33.5. The third-order valence-electron chi connectivity index (χ3n) is 11.9. The minimum Gasteiger partial charge on any atom is -0.456 e. The lowest BCUT2D eigenvalue weighted by atomic mass is 9.98. The van der Waals surface area contributed by atoms with Gasteiger partial charge < -0.3 is 8.98 Å². The van der Waals surface area contributed by atoms with Crippen LogP contribution in [0.25, 0.3) is 117 Å². The fraction of sp³-hybridized carbons (Fsp3) is 0. The van der Waals surface area contributed by atoms with Crippen LogP contribution in [-0.2, 0) is 0 Å². The van der Waals surface area contributed by atoms with Crippen LogP contribution in [0.3, 0.4) is 0 Å². The van der Waals surface area contributed by atoms with Gasteiger partial charge in [0.25, 0.3) is 0 Å². The van der Waals surface area contributed by atoms with Gasteiger partial charge in [-0.05, 0) is 76.3 Å². The van der Waals surface area contributed by atoms with Crippen LogP contribution in [0, 0.1) is 0 Å². The van der Waals surface area contributed by atoms with Gasteiger partial charge in [0.2, 0.25) is 0 Å². The first-order chi connectivity index (χ1) is 30.7. The van der Waals surface area contributed by atoms with Crippen molar-refractivity contribution < 1.29 is 4.42 Å². The Hall–Kier alpha value is -8.41. The maximum Gasteiger partial charge on any atom is 0.164 e. The number of aromatic nitrogens is 4. The van der Waals surface area contributed by atoms with Crippen molar-refractivity contribution in [2.75, 3.05) is 0 Å². The van der Waals surface area contributed by atoms with Crippen LogP contribution in [0.2, 0.25) is 0 Å². The molecule has 62 heavy (non-hydrogen) atoms. The first-order valence-electron chi connectivity index (χ1n) is 20.8. The van der Waals surface area contributed by atoms with Gasteiger partial charge in [0.15, 0.2) is 17.5 Å². The third kappa shape index (κ3) is 6.14. The summed E-state index contributed by atoms with van der Waals surface area (Å²) in [4.78, 5) is 15.8. The summed E-state index contributed by atoms with van der Waals surface area (Å²) in [7, 11) is 0. The number of benzene rings is 9. The van der Waals surface area contributed by atoms with E-state index in [-0.39, 0.29) is 0 Å². The van der Waals surface area contributed by atoms with Gasteiger partial charge in [-0.1, -0.05) is 170 Å². The van der Waals surface area contributed by atoms with Crippen molar-refractivity contribution in [2.24, 2.45) is 0 Å². The van der Waals surface area contributed by atoms with Gasteiger partial charge in [-0.2, -0.15) is 0 Å². The van der Waals surface area contributed by atoms with E-state index in [4.69, 9.17) is 19.4 Å². The number of para-hydroxylation sites is 3. The van der Waals surface area contributed by atoms with Crippen molar-refractivity contribution in [1.82, 2.24) is 19.5 Å². The molecule has 0 N–H and O–H groups in total. The maximum absolute atomic E-state index is 6.36. The summed E-state index contributed by atoms with van der Waals surface area (Å²) in [5.41, 5.74) is 14.3. The first kappa shape index (κ1) is 35.5. The maximum atomic E-state index is 6.36. The second-order valence-corrected chi connectivity index (χ2v) is 15.6. The molecular formula is C57H36N4O. The SMILES string of the molecule is c1ccc(-c2cccc(-c3cccc(-c4nc(-c5ccc(-c6ccccc6)c(-n6c7ccccc7c7ccccc76)c5)nc(-c5ccc6c(c5)oc5ccccc56)n4)c3)c2)cc1. The molecule has 0 saturated heterocycles. The Morgan fingerprint density at radius 2 is 0.742 bits per heavy atom. The quantitative estimate of drug-likeness (QED) is 0.161. The molecule has 0 radical (unpaired) electrons. The summed E-state index contributed by atoms with van der Waals surface area (Å²) in [6, 6.07) is 76.4. The van der Waals surface area contributed by atoms with E-state index < -0.39 is 0 Å². The van der Waals surface area contributed by atoms with Crippen LogP contribution in [0.15, 0.2) is 223 Å². The molecule has 3 aromatic heterocycles. The molecule has 0 bridgehead atoms. The molecule has 3 heterocycles. The topological polar surface area (TPSA) is 56.7 Å². The van der Waals surface area contributed by atoms with Crippen molar-refractivity contribution in [3.8, 4) is 73.2 Å². The lowest BCUT2D eigenvalue weighted by Gasteiger charge is -2.16. The van der Waals surface area contributed by atoms with Gasteiger partial charge in [-0.15, -0.1) is 0 Å². The molecule has 0 amide bonds. The molecule has 0 spiro atoms. The molecule has 12 aromatic rings. The van der Waals surface area contributed by atoms with Crippen molar-refractivity contribution in [1.29, 1.82) is 0 Å². The summed E-state index contributed by atoms with van der Waals surface area (Å²) in [5, 5.41) is 4.53. The Balaban J connectivity index is 1.06. The highest BCUT2D eigenvalue weighted by Gasteiger charge is 2.20. The van der Waals surface area contributed by atoms with Crippen molar-refractivity contribution in [3.05, 3.63) is 218 Å². The molecule has 0 atom stereocenters. The van der Waals surface area contributed by atoms with Crippen LogP contribution in [0.4, 0.5) is 0 Å².